The third-order valence-electron chi connectivity index (χ3n) is 5.25. The molecule has 4 rings (SSSR count). The zero-order chi connectivity index (χ0) is 20.5. The maximum Gasteiger partial charge on any atom is 0.125 e. The van der Waals surface area contributed by atoms with E-state index in [4.69, 9.17) is 4.74 Å². The third-order valence-corrected chi connectivity index (χ3v) is 6.39. The van der Waals surface area contributed by atoms with Gasteiger partial charge in [-0.3, -0.25) is 0 Å². The van der Waals surface area contributed by atoms with Gasteiger partial charge < -0.3 is 14.9 Å². The van der Waals surface area contributed by atoms with Gasteiger partial charge in [0.25, 0.3) is 0 Å². The molecule has 1 aromatic heterocycles. The van der Waals surface area contributed by atoms with Gasteiger partial charge in [0.1, 0.15) is 29.9 Å². The summed E-state index contributed by atoms with van der Waals surface area (Å²) in [6.07, 6.45) is 0.0234. The molecule has 0 bridgehead atoms. The lowest BCUT2D eigenvalue weighted by Crippen LogP contribution is -2.39. The minimum absolute atomic E-state index is 0.232. The Morgan fingerprint density at radius 1 is 1.00 bits per heavy atom. The van der Waals surface area contributed by atoms with Crippen LogP contribution in [0.25, 0.3) is 16.2 Å². The average Bonchev–Trinajstić information content (AvgIpc) is 3.16. The van der Waals surface area contributed by atoms with E-state index in [0.29, 0.717) is 5.76 Å². The number of halogens is 1. The highest BCUT2D eigenvalue weighted by molar-refractivity contribution is 7.15. The molecule has 1 aliphatic rings. The molecular formula is C24H23FO3S. The Morgan fingerprint density at radius 3 is 2.45 bits per heavy atom. The predicted octanol–water partition coefficient (Wildman–Crippen LogP) is 4.93. The topological polar surface area (TPSA) is 49.7 Å². The molecule has 0 fully saturated rings. The second-order valence-corrected chi connectivity index (χ2v) is 8.59. The Kier molecular flexibility index (Phi) is 5.54. The molecule has 0 saturated heterocycles. The van der Waals surface area contributed by atoms with E-state index in [-0.39, 0.29) is 5.82 Å². The number of benzene rings is 2. The Bertz CT molecular complexity index is 1040. The summed E-state index contributed by atoms with van der Waals surface area (Å²) in [5, 5.41) is 19.9. The highest BCUT2D eigenvalue weighted by atomic mass is 32.1. The second-order valence-electron chi connectivity index (χ2n) is 7.43. The van der Waals surface area contributed by atoms with Gasteiger partial charge >= 0.3 is 0 Å². The molecule has 3 nitrogen and oxygen atoms in total. The standard InChI is InChI=1S/C24H23FO3S/c1-14-3-4-17(22-13-21(26)24(27)15(2)28-22)11-18(14)12-20-9-10-23(29-20)16-5-7-19(25)8-6-16/h3-11,13,15,21,24,26-27H,12H2,1-2H3. The smallest absolute Gasteiger partial charge is 0.125 e. The lowest BCUT2D eigenvalue weighted by molar-refractivity contribution is -0.0456. The van der Waals surface area contributed by atoms with Crippen molar-refractivity contribution in [1.82, 2.24) is 0 Å². The van der Waals surface area contributed by atoms with Gasteiger partial charge in [-0.05, 0) is 66.9 Å². The lowest BCUT2D eigenvalue weighted by atomic mass is 9.98. The van der Waals surface area contributed by atoms with E-state index in [0.717, 1.165) is 22.4 Å². The van der Waals surface area contributed by atoms with E-state index in [1.54, 1.807) is 36.5 Å². The van der Waals surface area contributed by atoms with Gasteiger partial charge in [-0.25, -0.2) is 4.39 Å². The Labute approximate surface area is 173 Å². The number of aliphatic hydroxyl groups is 2. The molecule has 0 amide bonds. The van der Waals surface area contributed by atoms with Crippen molar-refractivity contribution >= 4 is 17.1 Å². The number of aliphatic hydroxyl groups excluding tert-OH is 2. The predicted molar refractivity (Wildman–Crippen MR) is 114 cm³/mol. The summed E-state index contributed by atoms with van der Waals surface area (Å²) in [6, 6.07) is 16.8. The number of aryl methyl sites for hydroxylation is 1. The van der Waals surface area contributed by atoms with E-state index < -0.39 is 18.3 Å². The number of thiophene rings is 1. The minimum Gasteiger partial charge on any atom is -0.488 e. The lowest BCUT2D eigenvalue weighted by Gasteiger charge is -2.30. The quantitative estimate of drug-likeness (QED) is 0.641. The highest BCUT2D eigenvalue weighted by Gasteiger charge is 2.29. The highest BCUT2D eigenvalue weighted by Crippen LogP contribution is 2.32. The van der Waals surface area contributed by atoms with E-state index in [2.05, 4.69) is 25.1 Å². The first kappa shape index (κ1) is 19.8. The van der Waals surface area contributed by atoms with E-state index in [9.17, 15) is 14.6 Å². The number of rotatable bonds is 4. The van der Waals surface area contributed by atoms with Crippen molar-refractivity contribution in [3.05, 3.63) is 88.1 Å². The van der Waals surface area contributed by atoms with Crippen LogP contribution < -0.4 is 0 Å². The van der Waals surface area contributed by atoms with Crippen LogP contribution in [0.4, 0.5) is 4.39 Å². The van der Waals surface area contributed by atoms with Crippen molar-refractivity contribution in [3.63, 3.8) is 0 Å². The summed E-state index contributed by atoms with van der Waals surface area (Å²) in [7, 11) is 0. The molecule has 0 aliphatic carbocycles. The summed E-state index contributed by atoms with van der Waals surface area (Å²) in [4.78, 5) is 2.32. The van der Waals surface area contributed by atoms with Crippen LogP contribution in [-0.4, -0.2) is 28.5 Å². The largest absolute Gasteiger partial charge is 0.488 e. The second kappa shape index (κ2) is 8.11. The molecule has 0 spiro atoms. The van der Waals surface area contributed by atoms with Crippen molar-refractivity contribution < 1.29 is 19.3 Å². The van der Waals surface area contributed by atoms with Crippen LogP contribution in [0.2, 0.25) is 0 Å². The van der Waals surface area contributed by atoms with Crippen LogP contribution >= 0.6 is 11.3 Å². The Hall–Kier alpha value is -2.47. The fraction of sp³-hybridized carbons (Fsp3) is 0.250. The molecule has 0 radical (unpaired) electrons. The van der Waals surface area contributed by atoms with Gasteiger partial charge in [-0.2, -0.15) is 0 Å². The first-order chi connectivity index (χ1) is 13.9. The van der Waals surface area contributed by atoms with Crippen molar-refractivity contribution in [2.24, 2.45) is 0 Å². The van der Waals surface area contributed by atoms with Crippen LogP contribution in [0.5, 0.6) is 0 Å². The minimum atomic E-state index is -0.936. The van der Waals surface area contributed by atoms with Gasteiger partial charge in [0.15, 0.2) is 0 Å². The van der Waals surface area contributed by atoms with E-state index in [1.807, 2.05) is 12.1 Å². The molecule has 3 unspecified atom stereocenters. The normalized spacial score (nSPS) is 21.6. The molecule has 1 aliphatic heterocycles. The van der Waals surface area contributed by atoms with Crippen molar-refractivity contribution in [2.75, 3.05) is 0 Å². The van der Waals surface area contributed by atoms with Crippen LogP contribution in [0.3, 0.4) is 0 Å². The van der Waals surface area contributed by atoms with Crippen molar-refractivity contribution in [1.29, 1.82) is 0 Å². The summed E-state index contributed by atoms with van der Waals surface area (Å²) >= 11 is 1.70. The SMILES string of the molecule is Cc1ccc(C2=CC(O)C(O)C(C)O2)cc1Cc1ccc(-c2ccc(F)cc2)s1. The fourth-order valence-corrected chi connectivity index (χ4v) is 4.49. The van der Waals surface area contributed by atoms with Gasteiger partial charge in [0, 0.05) is 21.7 Å². The van der Waals surface area contributed by atoms with Crippen molar-refractivity contribution in [2.45, 2.75) is 38.6 Å². The molecule has 5 heteroatoms. The zero-order valence-electron chi connectivity index (χ0n) is 16.3. The van der Waals surface area contributed by atoms with Crippen LogP contribution in [-0.2, 0) is 11.2 Å². The molecule has 0 saturated carbocycles. The number of hydrogen-bond donors (Lipinski definition) is 2. The van der Waals surface area contributed by atoms with Crippen LogP contribution in [0, 0.1) is 12.7 Å². The van der Waals surface area contributed by atoms with E-state index in [1.165, 1.54) is 28.1 Å². The first-order valence-electron chi connectivity index (χ1n) is 9.60. The van der Waals surface area contributed by atoms with Crippen molar-refractivity contribution in [3.8, 4) is 10.4 Å². The maximum absolute atomic E-state index is 13.2. The Morgan fingerprint density at radius 2 is 1.72 bits per heavy atom. The van der Waals surface area contributed by atoms with Gasteiger partial charge in [-0.15, -0.1) is 11.3 Å². The molecule has 2 aromatic carbocycles. The van der Waals surface area contributed by atoms with Crippen LogP contribution in [0.15, 0.2) is 60.7 Å². The zero-order valence-corrected chi connectivity index (χ0v) is 17.1. The molecule has 2 heterocycles. The summed E-state index contributed by atoms with van der Waals surface area (Å²) in [5.74, 6) is 0.360. The molecule has 150 valence electrons. The first-order valence-corrected chi connectivity index (χ1v) is 10.4. The summed E-state index contributed by atoms with van der Waals surface area (Å²) in [6.45, 7) is 3.82. The van der Waals surface area contributed by atoms with Gasteiger partial charge in [-0.1, -0.05) is 24.3 Å². The van der Waals surface area contributed by atoms with Crippen LogP contribution in [0.1, 0.15) is 28.5 Å². The van der Waals surface area contributed by atoms with E-state index >= 15 is 0 Å². The molecule has 2 N–H and O–H groups in total. The fourth-order valence-electron chi connectivity index (χ4n) is 3.45. The van der Waals surface area contributed by atoms with Gasteiger partial charge in [0.2, 0.25) is 0 Å². The summed E-state index contributed by atoms with van der Waals surface area (Å²) < 4.78 is 19.0. The number of hydrogen-bond acceptors (Lipinski definition) is 4. The molecule has 29 heavy (non-hydrogen) atoms. The van der Waals surface area contributed by atoms with Gasteiger partial charge in [0.05, 0.1) is 0 Å². The average molecular weight is 411 g/mol. The molecule has 3 atom stereocenters. The molecular weight excluding hydrogens is 387 g/mol. The summed E-state index contributed by atoms with van der Waals surface area (Å²) in [5.41, 5.74) is 4.25. The molecule has 3 aromatic rings. The monoisotopic (exact) mass is 410 g/mol. The third kappa shape index (κ3) is 4.27. The maximum atomic E-state index is 13.2. The number of ether oxygens (including phenoxy) is 1. The Balaban J connectivity index is 1.58.